The van der Waals surface area contributed by atoms with E-state index in [4.69, 9.17) is 0 Å². The predicted molar refractivity (Wildman–Crippen MR) is 71.9 cm³/mol. The Morgan fingerprint density at radius 2 is 1.94 bits per heavy atom. The van der Waals surface area contributed by atoms with Gasteiger partial charge in [0.05, 0.1) is 0 Å². The molecule has 1 aliphatic carbocycles. The van der Waals surface area contributed by atoms with Gasteiger partial charge in [-0.1, -0.05) is 22.4 Å². The van der Waals surface area contributed by atoms with Crippen molar-refractivity contribution in [2.24, 2.45) is 7.05 Å². The summed E-state index contributed by atoms with van der Waals surface area (Å²) >= 11 is 3.58. The summed E-state index contributed by atoms with van der Waals surface area (Å²) in [6.45, 7) is 0. The molecule has 84 valence electrons. The van der Waals surface area contributed by atoms with E-state index in [0.29, 0.717) is 0 Å². The van der Waals surface area contributed by atoms with Gasteiger partial charge in [-0.3, -0.25) is 0 Å². The third-order valence-electron chi connectivity index (χ3n) is 3.74. The van der Waals surface area contributed by atoms with Crippen LogP contribution in [0.3, 0.4) is 0 Å². The van der Waals surface area contributed by atoms with Crippen molar-refractivity contribution < 1.29 is 0 Å². The summed E-state index contributed by atoms with van der Waals surface area (Å²) in [4.78, 5) is 0. The van der Waals surface area contributed by atoms with E-state index >= 15 is 0 Å². The van der Waals surface area contributed by atoms with E-state index in [-0.39, 0.29) is 0 Å². The first-order valence-corrected chi connectivity index (χ1v) is 6.82. The fourth-order valence-electron chi connectivity index (χ4n) is 2.91. The molecule has 0 N–H and O–H groups in total. The van der Waals surface area contributed by atoms with Gasteiger partial charge in [-0.25, -0.2) is 0 Å². The zero-order chi connectivity index (χ0) is 11.1. The molecule has 0 aliphatic heterocycles. The Morgan fingerprint density at radius 1 is 1.12 bits per heavy atom. The number of halogens is 1. The second-order valence-electron chi connectivity index (χ2n) is 4.71. The number of nitrogens with zero attached hydrogens (tertiary/aromatic N) is 1. The molecule has 1 nitrogen and oxygen atoms in total. The minimum Gasteiger partial charge on any atom is -0.347 e. The van der Waals surface area contributed by atoms with Gasteiger partial charge >= 0.3 is 0 Å². The maximum absolute atomic E-state index is 3.58. The largest absolute Gasteiger partial charge is 0.347 e. The number of aryl methyl sites for hydroxylation is 2. The van der Waals surface area contributed by atoms with Crippen LogP contribution >= 0.6 is 15.9 Å². The first-order valence-electron chi connectivity index (χ1n) is 6.03. The quantitative estimate of drug-likeness (QED) is 0.636. The Balaban J connectivity index is 2.32. The Morgan fingerprint density at radius 3 is 2.81 bits per heavy atom. The highest BCUT2D eigenvalue weighted by molar-refractivity contribution is 9.10. The van der Waals surface area contributed by atoms with Gasteiger partial charge in [-0.05, 0) is 49.4 Å². The van der Waals surface area contributed by atoms with E-state index in [2.05, 4.69) is 45.7 Å². The normalized spacial score (nSPS) is 16.1. The molecule has 1 aliphatic rings. The van der Waals surface area contributed by atoms with Gasteiger partial charge in [0.15, 0.2) is 0 Å². The van der Waals surface area contributed by atoms with Crippen LogP contribution in [0.25, 0.3) is 10.9 Å². The van der Waals surface area contributed by atoms with Crippen LogP contribution in [-0.2, 0) is 19.9 Å². The standard InChI is InChI=1S/C14H16BrN/c1-16-13-6-4-2-3-5-11(13)12-9-10(15)7-8-14(12)16/h7-9H,2-6H2,1H3. The van der Waals surface area contributed by atoms with Crippen molar-refractivity contribution in [3.05, 3.63) is 33.9 Å². The lowest BCUT2D eigenvalue weighted by Crippen LogP contribution is -1.96. The lowest BCUT2D eigenvalue weighted by Gasteiger charge is -2.02. The molecule has 0 radical (unpaired) electrons. The highest BCUT2D eigenvalue weighted by Crippen LogP contribution is 2.32. The SMILES string of the molecule is Cn1c2c(c3cc(Br)ccc31)CCCCC2. The van der Waals surface area contributed by atoms with Gasteiger partial charge < -0.3 is 4.57 Å². The summed E-state index contributed by atoms with van der Waals surface area (Å²) in [6, 6.07) is 6.65. The third-order valence-corrected chi connectivity index (χ3v) is 4.23. The van der Waals surface area contributed by atoms with Gasteiger partial charge in [-0.15, -0.1) is 0 Å². The van der Waals surface area contributed by atoms with Gasteiger partial charge in [0, 0.05) is 28.1 Å². The van der Waals surface area contributed by atoms with Crippen molar-refractivity contribution in [3.8, 4) is 0 Å². The molecule has 0 fully saturated rings. The summed E-state index contributed by atoms with van der Waals surface area (Å²) in [5.41, 5.74) is 4.54. The van der Waals surface area contributed by atoms with Crippen molar-refractivity contribution >= 4 is 26.8 Å². The molecule has 0 unspecified atom stereocenters. The Hall–Kier alpha value is -0.760. The van der Waals surface area contributed by atoms with Crippen LogP contribution in [0.15, 0.2) is 22.7 Å². The van der Waals surface area contributed by atoms with E-state index in [1.54, 1.807) is 11.3 Å². The van der Waals surface area contributed by atoms with Crippen molar-refractivity contribution in [2.75, 3.05) is 0 Å². The van der Waals surface area contributed by atoms with Crippen LogP contribution in [-0.4, -0.2) is 4.57 Å². The average molecular weight is 278 g/mol. The number of fused-ring (bicyclic) bond motifs is 3. The first kappa shape index (κ1) is 10.4. The van der Waals surface area contributed by atoms with Crippen molar-refractivity contribution in [3.63, 3.8) is 0 Å². The highest BCUT2D eigenvalue weighted by atomic mass is 79.9. The Kier molecular flexibility index (Phi) is 2.55. The van der Waals surface area contributed by atoms with E-state index in [0.717, 1.165) is 0 Å². The molecular weight excluding hydrogens is 262 g/mol. The zero-order valence-electron chi connectivity index (χ0n) is 9.59. The number of hydrogen-bond donors (Lipinski definition) is 0. The second-order valence-corrected chi connectivity index (χ2v) is 5.62. The molecule has 16 heavy (non-hydrogen) atoms. The van der Waals surface area contributed by atoms with Gasteiger partial charge in [-0.2, -0.15) is 0 Å². The van der Waals surface area contributed by atoms with Crippen LogP contribution in [0.1, 0.15) is 30.5 Å². The molecule has 1 heterocycles. The number of benzene rings is 1. The summed E-state index contributed by atoms with van der Waals surface area (Å²) in [7, 11) is 2.21. The van der Waals surface area contributed by atoms with Gasteiger partial charge in [0.25, 0.3) is 0 Å². The predicted octanol–water partition coefficient (Wildman–Crippen LogP) is 4.21. The van der Waals surface area contributed by atoms with Crippen molar-refractivity contribution in [2.45, 2.75) is 32.1 Å². The fourth-order valence-corrected chi connectivity index (χ4v) is 3.28. The smallest absolute Gasteiger partial charge is 0.0483 e. The van der Waals surface area contributed by atoms with Gasteiger partial charge in [0.1, 0.15) is 0 Å². The lowest BCUT2D eigenvalue weighted by molar-refractivity contribution is 0.698. The monoisotopic (exact) mass is 277 g/mol. The molecule has 0 atom stereocenters. The summed E-state index contributed by atoms with van der Waals surface area (Å²) < 4.78 is 3.58. The first-order chi connectivity index (χ1) is 7.77. The zero-order valence-corrected chi connectivity index (χ0v) is 11.2. The molecule has 2 aromatic rings. The summed E-state index contributed by atoms with van der Waals surface area (Å²) in [6.07, 6.45) is 6.57. The van der Waals surface area contributed by atoms with Crippen molar-refractivity contribution in [1.29, 1.82) is 0 Å². The molecule has 0 amide bonds. The Bertz CT molecular complexity index is 539. The number of rotatable bonds is 0. The van der Waals surface area contributed by atoms with Crippen LogP contribution in [0.2, 0.25) is 0 Å². The van der Waals surface area contributed by atoms with Crippen LogP contribution in [0.5, 0.6) is 0 Å². The van der Waals surface area contributed by atoms with E-state index in [9.17, 15) is 0 Å². The lowest BCUT2D eigenvalue weighted by atomic mass is 10.1. The minimum atomic E-state index is 1.19. The minimum absolute atomic E-state index is 1.19. The molecule has 2 heteroatoms. The average Bonchev–Trinajstić information content (AvgIpc) is 2.47. The Labute approximate surface area is 105 Å². The number of hydrogen-bond acceptors (Lipinski definition) is 0. The third kappa shape index (κ3) is 1.51. The molecule has 0 spiro atoms. The molecule has 1 aromatic carbocycles. The fraction of sp³-hybridized carbons (Fsp3) is 0.429. The summed E-state index contributed by atoms with van der Waals surface area (Å²) in [5.74, 6) is 0. The number of aromatic nitrogens is 1. The van der Waals surface area contributed by atoms with Crippen LogP contribution in [0.4, 0.5) is 0 Å². The second kappa shape index (κ2) is 3.92. The molecule has 3 rings (SSSR count). The maximum Gasteiger partial charge on any atom is 0.0483 e. The van der Waals surface area contributed by atoms with Gasteiger partial charge in [0.2, 0.25) is 0 Å². The van der Waals surface area contributed by atoms with Crippen LogP contribution in [0, 0.1) is 0 Å². The van der Waals surface area contributed by atoms with Crippen molar-refractivity contribution in [1.82, 2.24) is 4.57 Å². The van der Waals surface area contributed by atoms with E-state index < -0.39 is 0 Å². The molecule has 0 saturated carbocycles. The highest BCUT2D eigenvalue weighted by Gasteiger charge is 2.16. The van der Waals surface area contributed by atoms with Crippen LogP contribution < -0.4 is 0 Å². The molecule has 0 bridgehead atoms. The van der Waals surface area contributed by atoms with E-state index in [1.165, 1.54) is 47.5 Å². The molecule has 0 saturated heterocycles. The van der Waals surface area contributed by atoms with E-state index in [1.807, 2.05) is 0 Å². The topological polar surface area (TPSA) is 4.93 Å². The summed E-state index contributed by atoms with van der Waals surface area (Å²) in [5, 5.41) is 1.45. The molecular formula is C14H16BrN. The maximum atomic E-state index is 3.58. The molecule has 1 aromatic heterocycles.